The third kappa shape index (κ3) is 3.56. The Hall–Kier alpha value is -2.69. The maximum absolute atomic E-state index is 13.4. The van der Waals surface area contributed by atoms with Crippen LogP contribution in [0.25, 0.3) is 0 Å². The molecule has 1 saturated heterocycles. The summed E-state index contributed by atoms with van der Waals surface area (Å²) in [6, 6.07) is 4.32. The largest absolute Gasteiger partial charge is 0.489 e. The second kappa shape index (κ2) is 7.68. The van der Waals surface area contributed by atoms with Crippen molar-refractivity contribution >= 4 is 27.3 Å². The molecule has 33 heavy (non-hydrogen) atoms. The number of hydrogen-bond acceptors (Lipinski definition) is 4. The number of carbonyl (C=O) groups excluding carboxylic acids is 1. The van der Waals surface area contributed by atoms with Gasteiger partial charge in [-0.2, -0.15) is 18.4 Å². The van der Waals surface area contributed by atoms with E-state index >= 15 is 0 Å². The molecule has 1 amide bonds. The third-order valence-corrected chi connectivity index (χ3v) is 6.68. The molecule has 1 saturated carbocycles. The number of allylic oxidation sites excluding steroid dienone is 1. The molecule has 1 aliphatic carbocycles. The van der Waals surface area contributed by atoms with E-state index in [1.165, 1.54) is 18.0 Å². The van der Waals surface area contributed by atoms with Crippen LogP contribution in [0.1, 0.15) is 45.7 Å². The topological polar surface area (TPSA) is 65.7 Å². The van der Waals surface area contributed by atoms with Crippen molar-refractivity contribution in [2.24, 2.45) is 15.8 Å². The van der Waals surface area contributed by atoms with Gasteiger partial charge in [-0.05, 0) is 25.1 Å². The number of benzene rings is 1. The van der Waals surface area contributed by atoms with Crippen LogP contribution in [0, 0.1) is 22.2 Å². The van der Waals surface area contributed by atoms with Crippen LogP contribution in [0.15, 0.2) is 34.8 Å². The molecule has 1 aliphatic heterocycles. The first-order chi connectivity index (χ1) is 15.1. The van der Waals surface area contributed by atoms with Crippen LogP contribution in [0.5, 0.6) is 5.75 Å². The molecule has 0 N–H and O–H groups in total. The van der Waals surface area contributed by atoms with Crippen molar-refractivity contribution in [1.29, 1.82) is 5.26 Å². The van der Waals surface area contributed by atoms with E-state index in [2.05, 4.69) is 4.99 Å². The van der Waals surface area contributed by atoms with Gasteiger partial charge in [-0.25, -0.2) is 0 Å². The van der Waals surface area contributed by atoms with Crippen LogP contribution >= 0.6 is 0 Å². The minimum atomic E-state index is -4.70. The quantitative estimate of drug-likeness (QED) is 0.519. The van der Waals surface area contributed by atoms with Gasteiger partial charge in [-0.15, -0.1) is 0 Å². The Kier molecular flexibility index (Phi) is 5.80. The lowest BCUT2D eigenvalue weighted by Gasteiger charge is -2.67. The molecule has 2 aliphatic rings. The minimum absolute atomic E-state index is 0.0182. The summed E-state index contributed by atoms with van der Waals surface area (Å²) >= 11 is 0. The molecular weight excluding hydrogens is 429 g/mol. The molecule has 3 rings (SSSR count). The number of likely N-dealkylation sites (tertiary alicyclic amines) is 1. The fraction of sp³-hybridized carbons (Fsp3) is 0.522. The van der Waals surface area contributed by atoms with Crippen LogP contribution in [-0.2, 0) is 11.0 Å². The number of nitriles is 1. The van der Waals surface area contributed by atoms with E-state index in [0.717, 1.165) is 12.1 Å². The number of nitrogens with zero attached hydrogens (tertiary/aromatic N) is 3. The van der Waals surface area contributed by atoms with Gasteiger partial charge >= 0.3 is 6.18 Å². The van der Waals surface area contributed by atoms with Crippen molar-refractivity contribution in [3.63, 3.8) is 0 Å². The zero-order valence-corrected chi connectivity index (χ0v) is 19.4. The van der Waals surface area contributed by atoms with Crippen molar-refractivity contribution in [2.75, 3.05) is 7.05 Å². The highest BCUT2D eigenvalue weighted by molar-refractivity contribution is 6.60. The summed E-state index contributed by atoms with van der Waals surface area (Å²) in [7, 11) is 14.3. The standard InChI is InChI=1S/C23H24B2F3N3O2/c1-7-14-16(30-6)22(24,25)31(17(14)32)18-20(2,3)19(21(18,4)5)33-13-9-8-12(11-29)15(10-13)23(26,27)28/h7-10,18-19H,1-6H3/b14-7+,30-16?. The summed E-state index contributed by atoms with van der Waals surface area (Å²) in [5.74, 6) is -0.374. The Morgan fingerprint density at radius 2 is 1.79 bits per heavy atom. The maximum atomic E-state index is 13.4. The second-order valence-electron chi connectivity index (χ2n) is 9.64. The normalized spacial score (nSPS) is 28.0. The number of halogens is 3. The summed E-state index contributed by atoms with van der Waals surface area (Å²) in [6.07, 6.45) is -3.66. The molecule has 0 aromatic heterocycles. The predicted molar refractivity (Wildman–Crippen MR) is 120 cm³/mol. The molecule has 0 spiro atoms. The Morgan fingerprint density at radius 3 is 2.21 bits per heavy atom. The van der Waals surface area contributed by atoms with E-state index in [9.17, 15) is 18.0 Å². The lowest BCUT2D eigenvalue weighted by atomic mass is 9.46. The lowest BCUT2D eigenvalue weighted by Crippen LogP contribution is -2.78. The van der Waals surface area contributed by atoms with E-state index in [4.69, 9.17) is 25.7 Å². The monoisotopic (exact) mass is 453 g/mol. The summed E-state index contributed by atoms with van der Waals surface area (Å²) in [6.45, 7) is 9.09. The van der Waals surface area contributed by atoms with Gasteiger partial charge in [0.2, 0.25) is 0 Å². The Morgan fingerprint density at radius 1 is 1.21 bits per heavy atom. The van der Waals surface area contributed by atoms with Crippen LogP contribution in [0.4, 0.5) is 13.2 Å². The van der Waals surface area contributed by atoms with Gasteiger partial charge in [0.15, 0.2) is 0 Å². The summed E-state index contributed by atoms with van der Waals surface area (Å²) in [5, 5.41) is 7.38. The first-order valence-electron chi connectivity index (χ1n) is 10.4. The number of carbonyl (C=O) groups is 1. The Balaban J connectivity index is 1.99. The SMILES string of the molecule is [B]C1([B])C(=NC)/C(=C\C)C(=O)N1C1C(C)(C)C(Oc2ccc(C#N)c(C(F)(F)F)c2)C1(C)C. The number of aliphatic imine (C=N–C) groups is 1. The minimum Gasteiger partial charge on any atom is -0.489 e. The molecule has 1 heterocycles. The van der Waals surface area contributed by atoms with Gasteiger partial charge < -0.3 is 9.64 Å². The van der Waals surface area contributed by atoms with Gasteiger partial charge in [0.25, 0.3) is 5.91 Å². The zero-order valence-electron chi connectivity index (χ0n) is 19.4. The molecule has 170 valence electrons. The second-order valence-corrected chi connectivity index (χ2v) is 9.64. The number of ether oxygens (including phenoxy) is 1. The predicted octanol–water partition coefficient (Wildman–Crippen LogP) is 3.61. The molecule has 0 atom stereocenters. The van der Waals surface area contributed by atoms with Gasteiger partial charge in [-0.3, -0.25) is 9.79 Å². The van der Waals surface area contributed by atoms with Gasteiger partial charge in [-0.1, -0.05) is 33.8 Å². The van der Waals surface area contributed by atoms with Crippen LogP contribution in [0.2, 0.25) is 0 Å². The van der Waals surface area contributed by atoms with Gasteiger partial charge in [0, 0.05) is 29.3 Å². The summed E-state index contributed by atoms with van der Waals surface area (Å²) in [4.78, 5) is 18.8. The van der Waals surface area contributed by atoms with Crippen molar-refractivity contribution < 1.29 is 22.7 Å². The van der Waals surface area contributed by atoms with Crippen molar-refractivity contribution in [3.05, 3.63) is 41.0 Å². The van der Waals surface area contributed by atoms with Crippen LogP contribution in [-0.4, -0.2) is 56.7 Å². The van der Waals surface area contributed by atoms with E-state index in [1.54, 1.807) is 19.1 Å². The molecule has 0 unspecified atom stereocenters. The Bertz CT molecular complexity index is 1090. The molecule has 5 nitrogen and oxygen atoms in total. The zero-order chi connectivity index (χ0) is 25.1. The van der Waals surface area contributed by atoms with Gasteiger partial charge in [0.05, 0.1) is 44.2 Å². The first kappa shape index (κ1) is 24.9. The summed E-state index contributed by atoms with van der Waals surface area (Å²) in [5.41, 5.74) is -2.40. The molecule has 2 fully saturated rings. The number of rotatable bonds is 3. The molecular formula is C23H24B2F3N3O2. The fourth-order valence-electron chi connectivity index (χ4n) is 5.76. The molecule has 0 bridgehead atoms. The molecule has 1 aromatic rings. The highest BCUT2D eigenvalue weighted by Gasteiger charge is 2.69. The van der Waals surface area contributed by atoms with E-state index in [-0.39, 0.29) is 17.4 Å². The smallest absolute Gasteiger partial charge is 0.417 e. The van der Waals surface area contributed by atoms with Crippen LogP contribution in [0.3, 0.4) is 0 Å². The highest BCUT2D eigenvalue weighted by Crippen LogP contribution is 2.60. The highest BCUT2D eigenvalue weighted by atomic mass is 19.4. The number of alkyl halides is 3. The molecule has 1 aromatic carbocycles. The first-order valence-corrected chi connectivity index (χ1v) is 10.4. The lowest BCUT2D eigenvalue weighted by molar-refractivity contribution is -0.210. The average Bonchev–Trinajstić information content (AvgIpc) is 2.89. The van der Waals surface area contributed by atoms with E-state index in [0.29, 0.717) is 5.57 Å². The van der Waals surface area contributed by atoms with Crippen molar-refractivity contribution in [1.82, 2.24) is 4.90 Å². The van der Waals surface area contributed by atoms with Crippen molar-refractivity contribution in [2.45, 2.75) is 58.3 Å². The Labute approximate surface area is 194 Å². The molecule has 10 heteroatoms. The van der Waals surface area contributed by atoms with Gasteiger partial charge in [0.1, 0.15) is 11.9 Å². The molecule has 4 radical (unpaired) electrons. The fourth-order valence-corrected chi connectivity index (χ4v) is 5.76. The third-order valence-electron chi connectivity index (χ3n) is 6.68. The number of amides is 1. The summed E-state index contributed by atoms with van der Waals surface area (Å²) < 4.78 is 46.2. The van der Waals surface area contributed by atoms with E-state index in [1.807, 2.05) is 27.7 Å². The van der Waals surface area contributed by atoms with Crippen molar-refractivity contribution in [3.8, 4) is 11.8 Å². The maximum Gasteiger partial charge on any atom is 0.417 e. The van der Waals surface area contributed by atoms with Crippen LogP contribution < -0.4 is 4.74 Å². The average molecular weight is 453 g/mol. The van der Waals surface area contributed by atoms with E-state index < -0.39 is 45.6 Å². The number of hydrogen-bond donors (Lipinski definition) is 0.